The van der Waals surface area contributed by atoms with E-state index in [1.165, 1.54) is 5.75 Å². The first-order valence-electron chi connectivity index (χ1n) is 6.62. The third kappa shape index (κ3) is 3.68. The van der Waals surface area contributed by atoms with Crippen LogP contribution >= 0.6 is 23.5 Å². The molecule has 0 saturated carbocycles. The third-order valence-corrected chi connectivity index (χ3v) is 6.30. The summed E-state index contributed by atoms with van der Waals surface area (Å²) in [5.74, 6) is 3.45. The molecule has 18 heavy (non-hydrogen) atoms. The molecule has 3 nitrogen and oxygen atoms in total. The molecule has 102 valence electrons. The lowest BCUT2D eigenvalue weighted by Gasteiger charge is -2.25. The lowest BCUT2D eigenvalue weighted by atomic mass is 10.1. The van der Waals surface area contributed by atoms with Crippen LogP contribution in [-0.4, -0.2) is 43.5 Å². The van der Waals surface area contributed by atoms with Crippen LogP contribution in [0.1, 0.15) is 32.0 Å². The number of hydrogen-bond donors (Lipinski definition) is 1. The summed E-state index contributed by atoms with van der Waals surface area (Å²) in [6.45, 7) is 4.33. The fourth-order valence-electron chi connectivity index (χ4n) is 1.99. The summed E-state index contributed by atoms with van der Waals surface area (Å²) >= 11 is 3.85. The second-order valence-electron chi connectivity index (χ2n) is 4.80. The van der Waals surface area contributed by atoms with Crippen LogP contribution in [0.25, 0.3) is 0 Å². The summed E-state index contributed by atoms with van der Waals surface area (Å²) in [7, 11) is 0. The molecule has 1 aromatic rings. The normalized spacial score (nSPS) is 23.8. The number of rotatable bonds is 5. The average Bonchev–Trinajstić information content (AvgIpc) is 2.87. The van der Waals surface area contributed by atoms with Crippen molar-refractivity contribution in [3.63, 3.8) is 0 Å². The molecule has 0 bridgehead atoms. The lowest BCUT2D eigenvalue weighted by Crippen LogP contribution is -2.30. The second-order valence-corrected chi connectivity index (χ2v) is 7.30. The molecule has 0 aliphatic carbocycles. The van der Waals surface area contributed by atoms with Gasteiger partial charge in [-0.3, -0.25) is 4.68 Å². The van der Waals surface area contributed by atoms with Gasteiger partial charge in [0.15, 0.2) is 0 Å². The van der Waals surface area contributed by atoms with E-state index in [4.69, 9.17) is 0 Å². The van der Waals surface area contributed by atoms with Gasteiger partial charge in [0.2, 0.25) is 0 Å². The van der Waals surface area contributed by atoms with Gasteiger partial charge in [-0.2, -0.15) is 28.6 Å². The largest absolute Gasteiger partial charge is 0.392 e. The van der Waals surface area contributed by atoms with E-state index in [1.807, 2.05) is 40.5 Å². The van der Waals surface area contributed by atoms with Crippen LogP contribution in [0.3, 0.4) is 0 Å². The molecule has 1 fully saturated rings. The number of nitrogens with zero attached hydrogens (tertiary/aromatic N) is 2. The van der Waals surface area contributed by atoms with Crippen molar-refractivity contribution in [3.05, 3.63) is 18.0 Å². The molecule has 1 saturated heterocycles. The van der Waals surface area contributed by atoms with Crippen molar-refractivity contribution in [2.75, 3.05) is 17.3 Å². The molecule has 1 aromatic heterocycles. The van der Waals surface area contributed by atoms with E-state index >= 15 is 0 Å². The van der Waals surface area contributed by atoms with Gasteiger partial charge in [-0.25, -0.2) is 0 Å². The van der Waals surface area contributed by atoms with E-state index in [2.05, 4.69) is 18.9 Å². The number of aromatic nitrogens is 2. The smallest absolute Gasteiger partial charge is 0.0722 e. The van der Waals surface area contributed by atoms with E-state index in [0.717, 1.165) is 23.6 Å². The molecule has 2 rings (SSSR count). The van der Waals surface area contributed by atoms with E-state index in [-0.39, 0.29) is 6.10 Å². The highest BCUT2D eigenvalue weighted by molar-refractivity contribution is 8.06. The number of aliphatic hydroxyl groups is 1. The van der Waals surface area contributed by atoms with Gasteiger partial charge in [0.05, 0.1) is 11.8 Å². The van der Waals surface area contributed by atoms with Gasteiger partial charge in [-0.1, -0.05) is 6.92 Å². The van der Waals surface area contributed by atoms with Gasteiger partial charge < -0.3 is 5.11 Å². The molecule has 1 aliphatic heterocycles. The lowest BCUT2D eigenvalue weighted by molar-refractivity contribution is 0.176. The van der Waals surface area contributed by atoms with Crippen molar-refractivity contribution in [3.8, 4) is 0 Å². The first kappa shape index (κ1) is 14.3. The first-order chi connectivity index (χ1) is 8.70. The van der Waals surface area contributed by atoms with Crippen molar-refractivity contribution in [1.29, 1.82) is 0 Å². The molecular weight excluding hydrogens is 264 g/mol. The minimum atomic E-state index is -0.261. The Bertz CT molecular complexity index is 364. The molecular formula is C13H22N2OS2. The standard InChI is InChI=1S/C13H22N2OS2/c1-3-10(2)15-5-4-11(14-15)8-12(16)13-9-17-6-7-18-13/h4-5,10,12-13,16H,3,6-9H2,1-2H3. The van der Waals surface area contributed by atoms with Gasteiger partial charge in [-0.15, -0.1) is 0 Å². The minimum Gasteiger partial charge on any atom is -0.392 e. The molecule has 2 heterocycles. The fraction of sp³-hybridized carbons (Fsp3) is 0.769. The topological polar surface area (TPSA) is 38.0 Å². The zero-order valence-electron chi connectivity index (χ0n) is 11.1. The molecule has 3 atom stereocenters. The van der Waals surface area contributed by atoms with Crippen LogP contribution in [0.5, 0.6) is 0 Å². The zero-order valence-corrected chi connectivity index (χ0v) is 12.7. The summed E-state index contributed by atoms with van der Waals surface area (Å²) in [6, 6.07) is 2.48. The van der Waals surface area contributed by atoms with Crippen LogP contribution in [-0.2, 0) is 6.42 Å². The van der Waals surface area contributed by atoms with E-state index in [0.29, 0.717) is 17.7 Å². The predicted octanol–water partition coefficient (Wildman–Crippen LogP) is 2.61. The maximum atomic E-state index is 10.2. The molecule has 0 radical (unpaired) electrons. The summed E-state index contributed by atoms with van der Waals surface area (Å²) in [5, 5.41) is 15.2. The number of aliphatic hydroxyl groups excluding tert-OH is 1. The fourth-order valence-corrected chi connectivity index (χ4v) is 4.76. The molecule has 3 unspecified atom stereocenters. The Labute approximate surface area is 118 Å². The SMILES string of the molecule is CCC(C)n1ccc(CC(O)C2CSCCS2)n1. The van der Waals surface area contributed by atoms with Gasteiger partial charge in [0.25, 0.3) is 0 Å². The maximum Gasteiger partial charge on any atom is 0.0722 e. The number of thioether (sulfide) groups is 2. The molecule has 1 aliphatic rings. The van der Waals surface area contributed by atoms with Crippen LogP contribution in [0, 0.1) is 0 Å². The minimum absolute atomic E-state index is 0.261. The average molecular weight is 286 g/mol. The number of hydrogen-bond acceptors (Lipinski definition) is 4. The van der Waals surface area contributed by atoms with Gasteiger partial charge in [0, 0.05) is 41.2 Å². The van der Waals surface area contributed by atoms with Crippen LogP contribution in [0.15, 0.2) is 12.3 Å². The molecule has 5 heteroatoms. The highest BCUT2D eigenvalue weighted by Crippen LogP contribution is 2.27. The second kappa shape index (κ2) is 6.87. The summed E-state index contributed by atoms with van der Waals surface area (Å²) in [4.78, 5) is 0. The van der Waals surface area contributed by atoms with Crippen molar-refractivity contribution in [2.45, 2.75) is 44.1 Å². The predicted molar refractivity (Wildman–Crippen MR) is 80.5 cm³/mol. The highest BCUT2D eigenvalue weighted by Gasteiger charge is 2.23. The van der Waals surface area contributed by atoms with Crippen LogP contribution < -0.4 is 0 Å². The quantitative estimate of drug-likeness (QED) is 0.903. The first-order valence-corrected chi connectivity index (χ1v) is 8.82. The van der Waals surface area contributed by atoms with Crippen molar-refractivity contribution in [1.82, 2.24) is 9.78 Å². The van der Waals surface area contributed by atoms with E-state index in [1.54, 1.807) is 0 Å². The Morgan fingerprint density at radius 3 is 3.06 bits per heavy atom. The maximum absolute atomic E-state index is 10.2. The van der Waals surface area contributed by atoms with Crippen molar-refractivity contribution >= 4 is 23.5 Å². The van der Waals surface area contributed by atoms with Gasteiger partial charge in [-0.05, 0) is 19.4 Å². The Kier molecular flexibility index (Phi) is 5.45. The third-order valence-electron chi connectivity index (χ3n) is 3.40. The van der Waals surface area contributed by atoms with Gasteiger partial charge in [0.1, 0.15) is 0 Å². The molecule has 0 spiro atoms. The Hall–Kier alpha value is -0.130. The highest BCUT2D eigenvalue weighted by atomic mass is 32.2. The summed E-state index contributed by atoms with van der Waals surface area (Å²) in [5.41, 5.74) is 1.01. The van der Waals surface area contributed by atoms with Crippen LogP contribution in [0.2, 0.25) is 0 Å². The Morgan fingerprint density at radius 2 is 2.39 bits per heavy atom. The Balaban J connectivity index is 1.90. The molecule has 0 aromatic carbocycles. The van der Waals surface area contributed by atoms with Crippen molar-refractivity contribution in [2.24, 2.45) is 0 Å². The Morgan fingerprint density at radius 1 is 1.56 bits per heavy atom. The van der Waals surface area contributed by atoms with E-state index < -0.39 is 0 Å². The summed E-state index contributed by atoms with van der Waals surface area (Å²) in [6.07, 6.45) is 3.53. The van der Waals surface area contributed by atoms with E-state index in [9.17, 15) is 5.11 Å². The molecule has 1 N–H and O–H groups in total. The molecule has 0 amide bonds. The van der Waals surface area contributed by atoms with Gasteiger partial charge >= 0.3 is 0 Å². The zero-order chi connectivity index (χ0) is 13.0. The van der Waals surface area contributed by atoms with Crippen molar-refractivity contribution < 1.29 is 5.11 Å². The monoisotopic (exact) mass is 286 g/mol. The van der Waals surface area contributed by atoms with Crippen LogP contribution in [0.4, 0.5) is 0 Å². The summed E-state index contributed by atoms with van der Waals surface area (Å²) < 4.78 is 2.00.